The molecule has 278 valence electrons. The smallest absolute Gasteiger partial charge is 0.416 e. The van der Waals surface area contributed by atoms with Crippen molar-refractivity contribution in [1.29, 1.82) is 0 Å². The molecule has 0 saturated carbocycles. The Bertz CT molecular complexity index is 1860. The summed E-state index contributed by atoms with van der Waals surface area (Å²) in [7, 11) is 0. The summed E-state index contributed by atoms with van der Waals surface area (Å²) in [6.45, 7) is 8.25. The average Bonchev–Trinajstić information content (AvgIpc) is 3.56. The zero-order chi connectivity index (χ0) is 37.6. The highest BCUT2D eigenvalue weighted by Gasteiger charge is 2.35. The first-order valence-corrected chi connectivity index (χ1v) is 18.1. The molecule has 2 heterocycles. The van der Waals surface area contributed by atoms with Crippen LogP contribution in [0.25, 0.3) is 11.1 Å². The molecular weight excluding hydrogens is 699 g/mol. The van der Waals surface area contributed by atoms with Gasteiger partial charge >= 0.3 is 12.3 Å². The van der Waals surface area contributed by atoms with Crippen LogP contribution >= 0.6 is 11.8 Å². The normalized spacial score (nSPS) is 15.7. The number of aryl methyl sites for hydroxylation is 1. The van der Waals surface area contributed by atoms with Crippen molar-refractivity contribution in [2.24, 2.45) is 0 Å². The highest BCUT2D eigenvalue weighted by atomic mass is 32.2. The molecule has 1 saturated heterocycles. The van der Waals surface area contributed by atoms with Gasteiger partial charge in [0.2, 0.25) is 0 Å². The molecule has 0 aliphatic carbocycles. The van der Waals surface area contributed by atoms with Crippen LogP contribution in [-0.2, 0) is 36.2 Å². The summed E-state index contributed by atoms with van der Waals surface area (Å²) in [6.07, 6.45) is -4.18. The quantitative estimate of drug-likeness (QED) is 0.0904. The summed E-state index contributed by atoms with van der Waals surface area (Å²) in [6, 6.07) is 18.1. The van der Waals surface area contributed by atoms with Gasteiger partial charge in [-0.15, -0.1) is 0 Å². The maximum Gasteiger partial charge on any atom is 0.416 e. The van der Waals surface area contributed by atoms with Gasteiger partial charge in [-0.2, -0.15) is 23.3 Å². The van der Waals surface area contributed by atoms with Crippen molar-refractivity contribution in [3.8, 4) is 11.1 Å². The molecule has 2 atom stereocenters. The number of thioether (sulfide) groups is 1. The molecule has 3 aromatic carbocycles. The lowest BCUT2D eigenvalue weighted by Gasteiger charge is -2.34. The van der Waals surface area contributed by atoms with Crippen LogP contribution in [0.2, 0.25) is 0 Å². The Hall–Kier alpha value is -4.27. The molecule has 1 fully saturated rings. The van der Waals surface area contributed by atoms with Gasteiger partial charge in [0.1, 0.15) is 23.3 Å². The van der Waals surface area contributed by atoms with E-state index in [-0.39, 0.29) is 30.6 Å². The number of ether oxygens (including phenoxy) is 1. The third kappa shape index (κ3) is 10.4. The number of carbonyl (C=O) groups excluding carboxylic acids is 1. The summed E-state index contributed by atoms with van der Waals surface area (Å²) in [4.78, 5) is 33.7. The highest BCUT2D eigenvalue weighted by Crippen LogP contribution is 2.31. The first-order chi connectivity index (χ1) is 24.6. The maximum absolute atomic E-state index is 13.5. The number of aliphatic hydroxyl groups is 1. The van der Waals surface area contributed by atoms with Crippen LogP contribution in [0, 0.1) is 5.82 Å². The van der Waals surface area contributed by atoms with Crippen LogP contribution < -0.4 is 5.56 Å². The lowest BCUT2D eigenvalue weighted by molar-refractivity contribution is -0.137. The number of benzene rings is 3. The molecule has 9 nitrogen and oxygen atoms in total. The van der Waals surface area contributed by atoms with Crippen molar-refractivity contribution in [1.82, 2.24) is 24.6 Å². The Kier molecular flexibility index (Phi) is 12.4. The average molecular weight is 742 g/mol. The van der Waals surface area contributed by atoms with Gasteiger partial charge in [-0.3, -0.25) is 9.69 Å². The third-order valence-corrected chi connectivity index (χ3v) is 9.65. The van der Waals surface area contributed by atoms with Crippen molar-refractivity contribution in [3.63, 3.8) is 0 Å². The Balaban J connectivity index is 1.40. The second kappa shape index (κ2) is 16.6. The molecular formula is C38H43F4N5O4S. The van der Waals surface area contributed by atoms with E-state index in [1.807, 2.05) is 49.9 Å². The van der Waals surface area contributed by atoms with E-state index < -0.39 is 35.2 Å². The number of halogens is 4. The van der Waals surface area contributed by atoms with Crippen LogP contribution in [0.15, 0.2) is 82.7 Å². The molecule has 1 aliphatic rings. The van der Waals surface area contributed by atoms with Gasteiger partial charge in [0, 0.05) is 31.4 Å². The van der Waals surface area contributed by atoms with Crippen molar-refractivity contribution in [2.45, 2.75) is 95.0 Å². The summed E-state index contributed by atoms with van der Waals surface area (Å²) in [5.74, 6) is 0.0282. The molecule has 2 unspecified atom stereocenters. The Labute approximate surface area is 304 Å². The van der Waals surface area contributed by atoms with Crippen molar-refractivity contribution >= 4 is 17.9 Å². The molecule has 0 spiro atoms. The van der Waals surface area contributed by atoms with E-state index in [9.17, 15) is 32.3 Å². The fraction of sp³-hybridized carbons (Fsp3) is 0.421. The molecule has 0 radical (unpaired) electrons. The number of hydrogen-bond donors (Lipinski definition) is 1. The lowest BCUT2D eigenvalue weighted by Crippen LogP contribution is -2.48. The number of nitrogens with zero attached hydrogens (tertiary/aromatic N) is 5. The number of aromatic nitrogens is 3. The first kappa shape index (κ1) is 38.9. The van der Waals surface area contributed by atoms with Gasteiger partial charge in [-0.1, -0.05) is 67.2 Å². The topological polar surface area (TPSA) is 101 Å². The van der Waals surface area contributed by atoms with Gasteiger partial charge < -0.3 is 14.7 Å². The maximum atomic E-state index is 13.5. The fourth-order valence-electron chi connectivity index (χ4n) is 5.92. The summed E-state index contributed by atoms with van der Waals surface area (Å²) < 4.78 is 60.0. The Morgan fingerprint density at radius 1 is 1.00 bits per heavy atom. The van der Waals surface area contributed by atoms with E-state index in [0.717, 1.165) is 35.2 Å². The number of likely N-dealkylation sites (tertiary alicyclic amines) is 1. The van der Waals surface area contributed by atoms with E-state index in [1.165, 1.54) is 40.7 Å². The van der Waals surface area contributed by atoms with E-state index in [2.05, 4.69) is 10.1 Å². The summed E-state index contributed by atoms with van der Waals surface area (Å²) in [5, 5.41) is 16.7. The van der Waals surface area contributed by atoms with Gasteiger partial charge in [0.25, 0.3) is 5.56 Å². The molecule has 0 bridgehead atoms. The van der Waals surface area contributed by atoms with E-state index in [1.54, 1.807) is 24.0 Å². The van der Waals surface area contributed by atoms with Crippen LogP contribution in [0.1, 0.15) is 62.9 Å². The number of rotatable bonds is 12. The SMILES string of the molecule is CCc1nn(CC(O)N(Cc2ccc(-c3ccc(C(F)(F)F)cc3)cc2)CC2CCCN2C(=O)OC(C)(C)C)c(SCc2ccc(F)cc2)nc1=O. The van der Waals surface area contributed by atoms with Crippen LogP contribution in [0.5, 0.6) is 0 Å². The number of carbonyl (C=O) groups is 1. The fourth-order valence-corrected chi connectivity index (χ4v) is 6.82. The standard InChI is InChI=1S/C38H43F4N5O4S/c1-5-32-34(49)43-35(52-24-26-10-18-30(39)19-11-26)47(44-32)23-33(48)45(22-31-7-6-20-46(31)36(50)51-37(2,3)4)21-25-8-12-27(13-9-25)28-14-16-29(17-15-28)38(40,41)42/h8-19,31,33,48H,5-7,20-24H2,1-4H3. The second-order valence-corrected chi connectivity index (χ2v) is 14.7. The van der Waals surface area contributed by atoms with Gasteiger partial charge in [0.15, 0.2) is 5.16 Å². The van der Waals surface area contributed by atoms with E-state index in [0.29, 0.717) is 42.4 Å². The predicted molar refractivity (Wildman–Crippen MR) is 191 cm³/mol. The number of hydrogen-bond acceptors (Lipinski definition) is 8. The Morgan fingerprint density at radius 2 is 1.62 bits per heavy atom. The minimum atomic E-state index is -4.42. The molecule has 1 aromatic heterocycles. The van der Waals surface area contributed by atoms with Crippen molar-refractivity contribution in [2.75, 3.05) is 13.1 Å². The number of aliphatic hydroxyl groups excluding tert-OH is 1. The lowest BCUT2D eigenvalue weighted by atomic mass is 10.0. The van der Waals surface area contributed by atoms with Gasteiger partial charge in [-0.05, 0) is 86.6 Å². The molecule has 52 heavy (non-hydrogen) atoms. The number of amides is 1. The van der Waals surface area contributed by atoms with Crippen molar-refractivity contribution < 1.29 is 32.2 Å². The molecule has 4 aromatic rings. The zero-order valence-electron chi connectivity index (χ0n) is 29.6. The van der Waals surface area contributed by atoms with Crippen molar-refractivity contribution in [3.05, 3.63) is 111 Å². The molecule has 1 amide bonds. The molecule has 1 N–H and O–H groups in total. The van der Waals surface area contributed by atoms with Gasteiger partial charge in [-0.25, -0.2) is 13.9 Å². The predicted octanol–water partition coefficient (Wildman–Crippen LogP) is 7.54. The molecule has 5 rings (SSSR count). The largest absolute Gasteiger partial charge is 0.444 e. The van der Waals surface area contributed by atoms with E-state index >= 15 is 0 Å². The minimum absolute atomic E-state index is 0.0468. The molecule has 14 heteroatoms. The zero-order valence-corrected chi connectivity index (χ0v) is 30.4. The molecule has 1 aliphatic heterocycles. The van der Waals surface area contributed by atoms with Crippen LogP contribution in [0.4, 0.5) is 22.4 Å². The first-order valence-electron chi connectivity index (χ1n) is 17.1. The minimum Gasteiger partial charge on any atom is -0.444 e. The number of alkyl halides is 3. The summed E-state index contributed by atoms with van der Waals surface area (Å²) in [5.41, 5.74) is 1.38. The van der Waals surface area contributed by atoms with Crippen LogP contribution in [-0.4, -0.2) is 66.7 Å². The highest BCUT2D eigenvalue weighted by molar-refractivity contribution is 7.98. The van der Waals surface area contributed by atoms with Gasteiger partial charge in [0.05, 0.1) is 12.1 Å². The van der Waals surface area contributed by atoms with E-state index in [4.69, 9.17) is 4.74 Å². The second-order valence-electron chi connectivity index (χ2n) is 13.7. The van der Waals surface area contributed by atoms with Crippen LogP contribution in [0.3, 0.4) is 0 Å². The Morgan fingerprint density at radius 3 is 2.21 bits per heavy atom. The summed E-state index contributed by atoms with van der Waals surface area (Å²) >= 11 is 1.25. The monoisotopic (exact) mass is 741 g/mol. The third-order valence-electron chi connectivity index (χ3n) is 8.62.